The summed E-state index contributed by atoms with van der Waals surface area (Å²) in [6.45, 7) is 0.820. The number of rotatable bonds is 4. The van der Waals surface area contributed by atoms with Crippen LogP contribution in [0, 0.1) is 11.8 Å². The molecule has 1 amide bonds. The highest BCUT2D eigenvalue weighted by Crippen LogP contribution is 2.31. The molecular formula is C22H21F3N2O3S. The molecule has 3 rings (SSSR count). The van der Waals surface area contributed by atoms with Gasteiger partial charge in [-0.3, -0.25) is 4.79 Å². The van der Waals surface area contributed by atoms with Crippen LogP contribution in [0.3, 0.4) is 0 Å². The first-order valence-electron chi connectivity index (χ1n) is 9.73. The van der Waals surface area contributed by atoms with Crippen molar-refractivity contribution in [2.24, 2.45) is 0 Å². The zero-order valence-corrected chi connectivity index (χ0v) is 17.4. The van der Waals surface area contributed by atoms with Crippen LogP contribution in [0.2, 0.25) is 0 Å². The SMILES string of the molecule is O=C(NCC#Cc1ccccc1C(F)(F)F)c1ccc(S(=O)(=O)N2CCCCC2)cc1. The third-order valence-electron chi connectivity index (χ3n) is 4.86. The molecule has 164 valence electrons. The number of amides is 1. The third-order valence-corrected chi connectivity index (χ3v) is 6.78. The minimum absolute atomic E-state index is 0.120. The number of halogens is 3. The van der Waals surface area contributed by atoms with Crippen molar-refractivity contribution in [3.8, 4) is 11.8 Å². The number of carbonyl (C=O) groups excluding carboxylic acids is 1. The molecule has 0 aliphatic carbocycles. The van der Waals surface area contributed by atoms with Crippen molar-refractivity contribution in [2.75, 3.05) is 19.6 Å². The first-order chi connectivity index (χ1) is 14.7. The van der Waals surface area contributed by atoms with Crippen molar-refractivity contribution in [1.29, 1.82) is 0 Å². The van der Waals surface area contributed by atoms with Gasteiger partial charge in [-0.15, -0.1) is 0 Å². The largest absolute Gasteiger partial charge is 0.417 e. The summed E-state index contributed by atoms with van der Waals surface area (Å²) in [5.74, 6) is 4.43. The van der Waals surface area contributed by atoms with E-state index in [1.165, 1.54) is 46.8 Å². The average molecular weight is 450 g/mol. The summed E-state index contributed by atoms with van der Waals surface area (Å²) in [5.41, 5.74) is -0.772. The standard InChI is InChI=1S/C22H21F3N2O3S/c23-22(24,25)20-9-3-2-7-17(20)8-6-14-26-21(28)18-10-12-19(13-11-18)31(29,30)27-15-4-1-5-16-27/h2-3,7,9-13H,1,4-5,14-16H2,(H,26,28). The first kappa shape index (κ1) is 22.8. The highest BCUT2D eigenvalue weighted by molar-refractivity contribution is 7.89. The molecule has 0 unspecified atom stereocenters. The highest BCUT2D eigenvalue weighted by atomic mass is 32.2. The number of nitrogens with zero attached hydrogens (tertiary/aromatic N) is 1. The quantitative estimate of drug-likeness (QED) is 0.723. The van der Waals surface area contributed by atoms with Gasteiger partial charge in [-0.2, -0.15) is 17.5 Å². The number of nitrogens with one attached hydrogen (secondary N) is 1. The summed E-state index contributed by atoms with van der Waals surface area (Å²) in [5, 5.41) is 2.50. The van der Waals surface area contributed by atoms with Gasteiger partial charge in [0.1, 0.15) is 0 Å². The second-order valence-electron chi connectivity index (χ2n) is 7.02. The maximum absolute atomic E-state index is 13.0. The molecule has 0 saturated carbocycles. The fourth-order valence-corrected chi connectivity index (χ4v) is 4.75. The molecular weight excluding hydrogens is 429 g/mol. The van der Waals surface area contributed by atoms with E-state index in [2.05, 4.69) is 17.2 Å². The van der Waals surface area contributed by atoms with Gasteiger partial charge < -0.3 is 5.32 Å². The van der Waals surface area contributed by atoms with Gasteiger partial charge in [0.25, 0.3) is 5.91 Å². The zero-order valence-electron chi connectivity index (χ0n) is 16.6. The molecule has 1 fully saturated rings. The molecule has 2 aromatic carbocycles. The molecule has 1 N–H and O–H groups in total. The van der Waals surface area contributed by atoms with Crippen LogP contribution < -0.4 is 5.32 Å². The fraction of sp³-hybridized carbons (Fsp3) is 0.318. The lowest BCUT2D eigenvalue weighted by Gasteiger charge is -2.25. The Kier molecular flexibility index (Phi) is 7.03. The monoisotopic (exact) mass is 450 g/mol. The molecule has 0 spiro atoms. The molecule has 0 aromatic heterocycles. The zero-order chi connectivity index (χ0) is 22.5. The topological polar surface area (TPSA) is 66.5 Å². The normalized spacial score (nSPS) is 15.1. The average Bonchev–Trinajstić information content (AvgIpc) is 2.77. The maximum atomic E-state index is 13.0. The fourth-order valence-electron chi connectivity index (χ4n) is 3.24. The van der Waals surface area contributed by atoms with Crippen molar-refractivity contribution in [1.82, 2.24) is 9.62 Å². The number of carbonyl (C=O) groups is 1. The summed E-state index contributed by atoms with van der Waals surface area (Å²) < 4.78 is 65.6. The van der Waals surface area contributed by atoms with Crippen molar-refractivity contribution < 1.29 is 26.4 Å². The lowest BCUT2D eigenvalue weighted by molar-refractivity contribution is -0.137. The van der Waals surface area contributed by atoms with Crippen LogP contribution >= 0.6 is 0 Å². The van der Waals surface area contributed by atoms with E-state index in [1.54, 1.807) is 0 Å². The lowest BCUT2D eigenvalue weighted by Crippen LogP contribution is -2.35. The van der Waals surface area contributed by atoms with Crippen LogP contribution in [0.4, 0.5) is 13.2 Å². The maximum Gasteiger partial charge on any atom is 0.417 e. The number of benzene rings is 2. The van der Waals surface area contributed by atoms with Crippen LogP contribution in [0.5, 0.6) is 0 Å². The van der Waals surface area contributed by atoms with E-state index in [-0.39, 0.29) is 22.6 Å². The van der Waals surface area contributed by atoms with Gasteiger partial charge in [-0.1, -0.05) is 30.4 Å². The Morgan fingerprint density at radius 2 is 1.65 bits per heavy atom. The van der Waals surface area contributed by atoms with Gasteiger partial charge in [0, 0.05) is 24.2 Å². The van der Waals surface area contributed by atoms with E-state index in [1.807, 2.05) is 0 Å². The van der Waals surface area contributed by atoms with Crippen molar-refractivity contribution in [3.05, 3.63) is 65.2 Å². The van der Waals surface area contributed by atoms with E-state index in [4.69, 9.17) is 0 Å². The molecule has 0 bridgehead atoms. The van der Waals surface area contributed by atoms with E-state index in [9.17, 15) is 26.4 Å². The predicted octanol–water partition coefficient (Wildman–Crippen LogP) is 3.66. The van der Waals surface area contributed by atoms with Crippen molar-refractivity contribution >= 4 is 15.9 Å². The molecule has 9 heteroatoms. The molecule has 1 heterocycles. The Balaban J connectivity index is 1.62. The lowest BCUT2D eigenvalue weighted by atomic mass is 10.1. The Morgan fingerprint density at radius 1 is 1.00 bits per heavy atom. The van der Waals surface area contributed by atoms with Crippen LogP contribution in [0.25, 0.3) is 0 Å². The number of hydrogen-bond donors (Lipinski definition) is 1. The molecule has 0 atom stereocenters. The number of sulfonamides is 1. The summed E-state index contributed by atoms with van der Waals surface area (Å²) in [6, 6.07) is 10.5. The van der Waals surface area contributed by atoms with Gasteiger partial charge in [0.05, 0.1) is 17.0 Å². The molecule has 31 heavy (non-hydrogen) atoms. The van der Waals surface area contributed by atoms with Gasteiger partial charge in [0.2, 0.25) is 10.0 Å². The number of piperidine rings is 1. The van der Waals surface area contributed by atoms with Gasteiger partial charge >= 0.3 is 6.18 Å². The smallest absolute Gasteiger partial charge is 0.341 e. The molecule has 5 nitrogen and oxygen atoms in total. The van der Waals surface area contributed by atoms with Gasteiger partial charge in [-0.25, -0.2) is 8.42 Å². The summed E-state index contributed by atoms with van der Waals surface area (Å²) in [7, 11) is -3.58. The van der Waals surface area contributed by atoms with Crippen LogP contribution in [-0.2, 0) is 16.2 Å². The van der Waals surface area contributed by atoms with Gasteiger partial charge in [-0.05, 0) is 49.2 Å². The Morgan fingerprint density at radius 3 is 2.29 bits per heavy atom. The van der Waals surface area contributed by atoms with E-state index in [0.29, 0.717) is 13.1 Å². The Labute approximate surface area is 179 Å². The second kappa shape index (κ2) is 9.54. The predicted molar refractivity (Wildman–Crippen MR) is 110 cm³/mol. The summed E-state index contributed by atoms with van der Waals surface area (Å²) >= 11 is 0. The van der Waals surface area contributed by atoms with E-state index in [0.717, 1.165) is 25.3 Å². The highest BCUT2D eigenvalue weighted by Gasteiger charge is 2.32. The number of alkyl halides is 3. The molecule has 0 radical (unpaired) electrons. The Hall–Kier alpha value is -2.83. The number of hydrogen-bond acceptors (Lipinski definition) is 3. The second-order valence-corrected chi connectivity index (χ2v) is 8.95. The van der Waals surface area contributed by atoms with E-state index < -0.39 is 27.7 Å². The molecule has 1 saturated heterocycles. The van der Waals surface area contributed by atoms with Crippen LogP contribution in [0.1, 0.15) is 40.7 Å². The van der Waals surface area contributed by atoms with E-state index >= 15 is 0 Å². The van der Waals surface area contributed by atoms with Gasteiger partial charge in [0.15, 0.2) is 0 Å². The third kappa shape index (κ3) is 5.66. The van der Waals surface area contributed by atoms with Crippen LogP contribution in [-0.4, -0.2) is 38.3 Å². The van der Waals surface area contributed by atoms with Crippen LogP contribution in [0.15, 0.2) is 53.4 Å². The minimum Gasteiger partial charge on any atom is -0.341 e. The summed E-state index contributed by atoms with van der Waals surface area (Å²) in [6.07, 6.45) is -1.84. The minimum atomic E-state index is -4.51. The van der Waals surface area contributed by atoms with Crippen molar-refractivity contribution in [3.63, 3.8) is 0 Å². The Bertz CT molecular complexity index is 1100. The molecule has 1 aliphatic heterocycles. The molecule has 2 aromatic rings. The van der Waals surface area contributed by atoms with Crippen molar-refractivity contribution in [2.45, 2.75) is 30.3 Å². The first-order valence-corrected chi connectivity index (χ1v) is 11.2. The molecule has 1 aliphatic rings. The summed E-state index contributed by atoms with van der Waals surface area (Å²) in [4.78, 5) is 12.3.